The number of aromatic nitrogens is 5. The molecule has 0 aliphatic heterocycles. The first-order valence-electron chi connectivity index (χ1n) is 4.14. The monoisotopic (exact) mass is 207 g/mol. The summed E-state index contributed by atoms with van der Waals surface area (Å²) >= 11 is 0. The molecular formula is C7H9N7O. The van der Waals surface area contributed by atoms with E-state index < -0.39 is 5.91 Å². The number of aryl methyl sites for hydroxylation is 1. The van der Waals surface area contributed by atoms with Crippen LogP contribution in [0.1, 0.15) is 10.6 Å². The quantitative estimate of drug-likeness (QED) is 0.606. The summed E-state index contributed by atoms with van der Waals surface area (Å²) in [4.78, 5) is 15.2. The van der Waals surface area contributed by atoms with E-state index in [1.807, 2.05) is 0 Å². The molecule has 2 aromatic rings. The van der Waals surface area contributed by atoms with Crippen molar-refractivity contribution >= 4 is 17.7 Å². The zero-order chi connectivity index (χ0) is 10.8. The van der Waals surface area contributed by atoms with Gasteiger partial charge in [-0.05, 0) is 0 Å². The van der Waals surface area contributed by atoms with Crippen molar-refractivity contribution in [3.8, 4) is 0 Å². The van der Waals surface area contributed by atoms with E-state index in [1.165, 1.54) is 0 Å². The van der Waals surface area contributed by atoms with Crippen molar-refractivity contribution in [1.82, 2.24) is 25.0 Å². The molecule has 0 spiro atoms. The highest BCUT2D eigenvalue weighted by Crippen LogP contribution is 2.03. The van der Waals surface area contributed by atoms with Gasteiger partial charge in [0.15, 0.2) is 5.82 Å². The molecule has 0 aliphatic rings. The van der Waals surface area contributed by atoms with Crippen LogP contribution in [-0.4, -0.2) is 30.9 Å². The van der Waals surface area contributed by atoms with Crippen molar-refractivity contribution in [2.24, 2.45) is 7.05 Å². The maximum absolute atomic E-state index is 11.5. The molecule has 0 saturated heterocycles. The van der Waals surface area contributed by atoms with Gasteiger partial charge >= 0.3 is 0 Å². The number of nitrogen functional groups attached to an aromatic ring is 1. The van der Waals surface area contributed by atoms with E-state index in [2.05, 4.69) is 25.6 Å². The third-order valence-corrected chi connectivity index (χ3v) is 1.67. The van der Waals surface area contributed by atoms with Gasteiger partial charge in [-0.15, -0.1) is 5.10 Å². The second kappa shape index (κ2) is 3.40. The lowest BCUT2D eigenvalue weighted by molar-refractivity contribution is 0.101. The number of anilines is 2. The van der Waals surface area contributed by atoms with Gasteiger partial charge in [0.2, 0.25) is 11.8 Å². The van der Waals surface area contributed by atoms with E-state index in [4.69, 9.17) is 5.73 Å². The maximum Gasteiger partial charge on any atom is 0.294 e. The summed E-state index contributed by atoms with van der Waals surface area (Å²) < 4.78 is 1.57. The van der Waals surface area contributed by atoms with Crippen molar-refractivity contribution in [1.29, 1.82) is 0 Å². The summed E-state index contributed by atoms with van der Waals surface area (Å²) in [5, 5.41) is 12.4. The number of H-pyrrole nitrogens is 1. The Balaban J connectivity index is 2.10. The number of nitrogens with two attached hydrogens (primary N) is 1. The molecule has 0 aliphatic carbocycles. The standard InChI is InChI=1S/C7H9N7O/c1-14-3-2-4(13-14)9-6(15)5-10-7(8)12-11-5/h2-3H,1H3,(H,9,13,15)(H3,8,10,11,12). The first-order chi connectivity index (χ1) is 7.15. The number of hydrogen-bond acceptors (Lipinski definition) is 5. The van der Waals surface area contributed by atoms with E-state index in [1.54, 1.807) is 24.0 Å². The summed E-state index contributed by atoms with van der Waals surface area (Å²) in [6.45, 7) is 0. The fraction of sp³-hybridized carbons (Fsp3) is 0.143. The van der Waals surface area contributed by atoms with Crippen LogP contribution < -0.4 is 11.1 Å². The Hall–Kier alpha value is -2.38. The molecule has 2 rings (SSSR count). The molecule has 8 heteroatoms. The van der Waals surface area contributed by atoms with Gasteiger partial charge in [-0.3, -0.25) is 14.6 Å². The molecular weight excluding hydrogens is 198 g/mol. The van der Waals surface area contributed by atoms with E-state index in [9.17, 15) is 4.79 Å². The van der Waals surface area contributed by atoms with Crippen molar-refractivity contribution in [2.75, 3.05) is 11.1 Å². The summed E-state index contributed by atoms with van der Waals surface area (Å²) in [6.07, 6.45) is 1.71. The fourth-order valence-electron chi connectivity index (χ4n) is 1.03. The average molecular weight is 207 g/mol. The Morgan fingerprint density at radius 3 is 3.00 bits per heavy atom. The van der Waals surface area contributed by atoms with E-state index in [0.29, 0.717) is 5.82 Å². The molecule has 78 valence electrons. The zero-order valence-corrected chi connectivity index (χ0v) is 7.93. The van der Waals surface area contributed by atoms with Crippen molar-refractivity contribution in [3.63, 3.8) is 0 Å². The number of aromatic amines is 1. The normalized spacial score (nSPS) is 10.2. The topological polar surface area (TPSA) is 115 Å². The van der Waals surface area contributed by atoms with Crippen LogP contribution in [0.25, 0.3) is 0 Å². The highest BCUT2D eigenvalue weighted by Gasteiger charge is 2.11. The molecule has 0 unspecified atom stereocenters. The summed E-state index contributed by atoms with van der Waals surface area (Å²) in [6, 6.07) is 1.66. The lowest BCUT2D eigenvalue weighted by atomic mass is 10.5. The third kappa shape index (κ3) is 1.93. The number of carbonyl (C=O) groups excluding carboxylic acids is 1. The molecule has 8 nitrogen and oxygen atoms in total. The molecule has 2 heterocycles. The molecule has 0 radical (unpaired) electrons. The minimum atomic E-state index is -0.432. The zero-order valence-electron chi connectivity index (χ0n) is 7.93. The summed E-state index contributed by atoms with van der Waals surface area (Å²) in [5.74, 6) is 0.0923. The Kier molecular flexibility index (Phi) is 2.08. The lowest BCUT2D eigenvalue weighted by Crippen LogP contribution is -2.14. The molecule has 0 atom stereocenters. The number of nitrogens with one attached hydrogen (secondary N) is 2. The van der Waals surface area contributed by atoms with Crippen LogP contribution in [-0.2, 0) is 7.05 Å². The Labute approximate surface area is 84.5 Å². The van der Waals surface area contributed by atoms with Gasteiger partial charge in [-0.1, -0.05) is 0 Å². The van der Waals surface area contributed by atoms with Crippen LogP contribution in [0, 0.1) is 0 Å². The first kappa shape index (κ1) is 9.19. The minimum Gasteiger partial charge on any atom is -0.366 e. The van der Waals surface area contributed by atoms with Gasteiger partial charge in [-0.25, -0.2) is 0 Å². The second-order valence-corrected chi connectivity index (χ2v) is 2.87. The minimum absolute atomic E-state index is 0.0289. The van der Waals surface area contributed by atoms with E-state index >= 15 is 0 Å². The molecule has 0 saturated carbocycles. The van der Waals surface area contributed by atoms with E-state index in [-0.39, 0.29) is 11.8 Å². The average Bonchev–Trinajstić information content (AvgIpc) is 2.75. The Morgan fingerprint density at radius 1 is 1.67 bits per heavy atom. The van der Waals surface area contributed by atoms with Gasteiger partial charge in [0.05, 0.1) is 0 Å². The van der Waals surface area contributed by atoms with Crippen LogP contribution in [0.15, 0.2) is 12.3 Å². The molecule has 2 aromatic heterocycles. The Bertz CT molecular complexity index is 485. The second-order valence-electron chi connectivity index (χ2n) is 2.87. The van der Waals surface area contributed by atoms with Gasteiger partial charge in [-0.2, -0.15) is 10.1 Å². The highest BCUT2D eigenvalue weighted by molar-refractivity contribution is 6.00. The number of rotatable bonds is 2. The largest absolute Gasteiger partial charge is 0.366 e. The molecule has 1 amide bonds. The van der Waals surface area contributed by atoms with Crippen LogP contribution in [0.2, 0.25) is 0 Å². The predicted octanol–water partition coefficient (Wildman–Crippen LogP) is -0.627. The fourth-order valence-corrected chi connectivity index (χ4v) is 1.03. The van der Waals surface area contributed by atoms with Gasteiger partial charge in [0.25, 0.3) is 5.91 Å². The molecule has 0 aromatic carbocycles. The number of nitrogens with zero attached hydrogens (tertiary/aromatic N) is 4. The van der Waals surface area contributed by atoms with Crippen LogP contribution in [0.5, 0.6) is 0 Å². The van der Waals surface area contributed by atoms with Crippen molar-refractivity contribution in [3.05, 3.63) is 18.1 Å². The van der Waals surface area contributed by atoms with Gasteiger partial charge in [0, 0.05) is 19.3 Å². The predicted molar refractivity (Wildman–Crippen MR) is 52.0 cm³/mol. The highest BCUT2D eigenvalue weighted by atomic mass is 16.2. The number of hydrogen-bond donors (Lipinski definition) is 3. The van der Waals surface area contributed by atoms with E-state index in [0.717, 1.165) is 0 Å². The lowest BCUT2D eigenvalue weighted by Gasteiger charge is -1.96. The van der Waals surface area contributed by atoms with Crippen LogP contribution >= 0.6 is 0 Å². The van der Waals surface area contributed by atoms with Crippen LogP contribution in [0.4, 0.5) is 11.8 Å². The smallest absolute Gasteiger partial charge is 0.294 e. The van der Waals surface area contributed by atoms with Gasteiger partial charge in [0.1, 0.15) is 0 Å². The molecule has 0 fully saturated rings. The van der Waals surface area contributed by atoms with Crippen molar-refractivity contribution in [2.45, 2.75) is 0 Å². The number of amides is 1. The SMILES string of the molecule is Cn1ccc(NC(=O)c2nc(N)n[nH]2)n1. The molecule has 15 heavy (non-hydrogen) atoms. The summed E-state index contributed by atoms with van der Waals surface area (Å²) in [5.41, 5.74) is 5.26. The van der Waals surface area contributed by atoms with Crippen molar-refractivity contribution < 1.29 is 4.79 Å². The molecule has 0 bridgehead atoms. The number of carbonyl (C=O) groups is 1. The van der Waals surface area contributed by atoms with Crippen LogP contribution in [0.3, 0.4) is 0 Å². The first-order valence-corrected chi connectivity index (χ1v) is 4.14. The Morgan fingerprint density at radius 2 is 2.47 bits per heavy atom. The molecule has 4 N–H and O–H groups in total. The van der Waals surface area contributed by atoms with Gasteiger partial charge < -0.3 is 11.1 Å². The summed E-state index contributed by atoms with van der Waals surface area (Å²) in [7, 11) is 1.75. The third-order valence-electron chi connectivity index (χ3n) is 1.67. The maximum atomic E-state index is 11.5.